The average Bonchev–Trinajstić information content (AvgIpc) is 2.83. The minimum Gasteiger partial charge on any atom is -0.384 e. The first kappa shape index (κ1) is 13.5. The molecule has 0 aromatic carbocycles. The van der Waals surface area contributed by atoms with Crippen molar-refractivity contribution in [3.63, 3.8) is 0 Å². The zero-order chi connectivity index (χ0) is 13.7. The van der Waals surface area contributed by atoms with Crippen LogP contribution in [0.15, 0.2) is 30.7 Å². The summed E-state index contributed by atoms with van der Waals surface area (Å²) in [6.45, 7) is 5.70. The highest BCUT2D eigenvalue weighted by Crippen LogP contribution is 2.18. The Morgan fingerprint density at radius 2 is 2.21 bits per heavy atom. The highest BCUT2D eigenvalue weighted by atomic mass is 16.5. The second kappa shape index (κ2) is 6.33. The van der Waals surface area contributed by atoms with Crippen molar-refractivity contribution in [3.8, 4) is 5.82 Å². The molecule has 0 fully saturated rings. The van der Waals surface area contributed by atoms with Gasteiger partial charge in [-0.1, -0.05) is 6.92 Å². The molecule has 1 N–H and O–H groups in total. The quantitative estimate of drug-likeness (QED) is 0.865. The molecule has 0 saturated heterocycles. The van der Waals surface area contributed by atoms with Gasteiger partial charge in [0.25, 0.3) is 0 Å². The Morgan fingerprint density at radius 1 is 1.37 bits per heavy atom. The van der Waals surface area contributed by atoms with Crippen LogP contribution in [0.1, 0.15) is 12.7 Å². The Labute approximate surface area is 113 Å². The molecular weight excluding hydrogens is 240 g/mol. The maximum atomic E-state index is 5.14. The van der Waals surface area contributed by atoms with Gasteiger partial charge in [0.1, 0.15) is 5.82 Å². The topological polar surface area (TPSA) is 52.0 Å². The molecule has 1 atom stereocenters. The number of anilines is 1. The van der Waals surface area contributed by atoms with Crippen LogP contribution in [0.2, 0.25) is 0 Å². The lowest BCUT2D eigenvalue weighted by Crippen LogP contribution is -2.17. The summed E-state index contributed by atoms with van der Waals surface area (Å²) in [7, 11) is 1.72. The van der Waals surface area contributed by atoms with Crippen LogP contribution >= 0.6 is 0 Å². The number of hydrogen-bond donors (Lipinski definition) is 1. The molecule has 2 heterocycles. The number of aromatic nitrogens is 3. The van der Waals surface area contributed by atoms with Crippen molar-refractivity contribution in [1.82, 2.24) is 14.5 Å². The van der Waals surface area contributed by atoms with Crippen LogP contribution in [0, 0.1) is 12.8 Å². The molecule has 2 rings (SSSR count). The summed E-state index contributed by atoms with van der Waals surface area (Å²) >= 11 is 0. The van der Waals surface area contributed by atoms with E-state index in [1.54, 1.807) is 19.5 Å². The van der Waals surface area contributed by atoms with Gasteiger partial charge in [-0.15, -0.1) is 0 Å². The summed E-state index contributed by atoms with van der Waals surface area (Å²) in [5, 5.41) is 3.42. The molecule has 102 valence electrons. The molecule has 0 spiro atoms. The van der Waals surface area contributed by atoms with Gasteiger partial charge >= 0.3 is 0 Å². The van der Waals surface area contributed by atoms with Crippen molar-refractivity contribution in [1.29, 1.82) is 0 Å². The lowest BCUT2D eigenvalue weighted by molar-refractivity contribution is 0.164. The van der Waals surface area contributed by atoms with Crippen LogP contribution in [-0.2, 0) is 4.74 Å². The average molecular weight is 260 g/mol. The highest BCUT2D eigenvalue weighted by molar-refractivity contribution is 5.57. The minimum absolute atomic E-state index is 0.446. The molecule has 0 aliphatic heterocycles. The van der Waals surface area contributed by atoms with Crippen molar-refractivity contribution in [3.05, 3.63) is 36.5 Å². The van der Waals surface area contributed by atoms with Crippen molar-refractivity contribution in [2.24, 2.45) is 5.92 Å². The first-order chi connectivity index (χ1) is 9.22. The van der Waals surface area contributed by atoms with E-state index >= 15 is 0 Å². The molecular formula is C14H20N4O. The largest absolute Gasteiger partial charge is 0.384 e. The van der Waals surface area contributed by atoms with E-state index in [4.69, 9.17) is 4.74 Å². The number of nitrogens with one attached hydrogen (secondary N) is 1. The van der Waals surface area contributed by atoms with Gasteiger partial charge in [-0.3, -0.25) is 4.57 Å². The van der Waals surface area contributed by atoms with Crippen molar-refractivity contribution < 1.29 is 4.74 Å². The zero-order valence-corrected chi connectivity index (χ0v) is 11.6. The number of rotatable bonds is 6. The number of nitrogens with zero attached hydrogens (tertiary/aromatic N) is 3. The van der Waals surface area contributed by atoms with E-state index in [0.29, 0.717) is 5.92 Å². The van der Waals surface area contributed by atoms with E-state index < -0.39 is 0 Å². The molecule has 1 unspecified atom stereocenters. The van der Waals surface area contributed by atoms with E-state index in [-0.39, 0.29) is 0 Å². The van der Waals surface area contributed by atoms with Gasteiger partial charge in [0.05, 0.1) is 12.3 Å². The molecule has 0 bridgehead atoms. The van der Waals surface area contributed by atoms with Crippen LogP contribution < -0.4 is 5.32 Å². The van der Waals surface area contributed by atoms with E-state index in [9.17, 15) is 0 Å². The number of aryl methyl sites for hydroxylation is 1. The summed E-state index contributed by atoms with van der Waals surface area (Å²) in [5.41, 5.74) is 1.01. The van der Waals surface area contributed by atoms with E-state index in [0.717, 1.165) is 30.5 Å². The Hall–Kier alpha value is -1.88. The van der Waals surface area contributed by atoms with Gasteiger partial charge in [-0.05, 0) is 25.0 Å². The van der Waals surface area contributed by atoms with Gasteiger partial charge < -0.3 is 10.1 Å². The molecule has 19 heavy (non-hydrogen) atoms. The smallest absolute Gasteiger partial charge is 0.161 e. The van der Waals surface area contributed by atoms with Crippen LogP contribution in [0.4, 0.5) is 5.69 Å². The van der Waals surface area contributed by atoms with Crippen molar-refractivity contribution in [2.75, 3.05) is 25.6 Å². The van der Waals surface area contributed by atoms with Crippen molar-refractivity contribution >= 4 is 5.69 Å². The van der Waals surface area contributed by atoms with Crippen LogP contribution in [0.3, 0.4) is 0 Å². The first-order valence-corrected chi connectivity index (χ1v) is 6.40. The Kier molecular flexibility index (Phi) is 4.52. The summed E-state index contributed by atoms with van der Waals surface area (Å²) in [6.07, 6.45) is 5.49. The van der Waals surface area contributed by atoms with Gasteiger partial charge in [0.2, 0.25) is 0 Å². The highest BCUT2D eigenvalue weighted by Gasteiger charge is 2.09. The van der Waals surface area contributed by atoms with E-state index in [1.807, 2.05) is 29.8 Å². The molecule has 2 aromatic rings. The Morgan fingerprint density at radius 3 is 2.89 bits per heavy atom. The lowest BCUT2D eigenvalue weighted by atomic mass is 10.2. The third-order valence-electron chi connectivity index (χ3n) is 2.93. The summed E-state index contributed by atoms with van der Waals surface area (Å²) in [4.78, 5) is 8.67. The lowest BCUT2D eigenvalue weighted by Gasteiger charge is -2.15. The predicted molar refractivity (Wildman–Crippen MR) is 75.6 cm³/mol. The van der Waals surface area contributed by atoms with Gasteiger partial charge in [-0.2, -0.15) is 0 Å². The Balaban J connectivity index is 2.15. The maximum Gasteiger partial charge on any atom is 0.161 e. The van der Waals surface area contributed by atoms with Crippen molar-refractivity contribution in [2.45, 2.75) is 13.8 Å². The first-order valence-electron chi connectivity index (χ1n) is 6.40. The van der Waals surface area contributed by atoms with Gasteiger partial charge in [0.15, 0.2) is 5.82 Å². The normalized spacial score (nSPS) is 12.4. The molecule has 0 amide bonds. The second-order valence-electron chi connectivity index (χ2n) is 4.66. The molecule has 0 radical (unpaired) electrons. The fraction of sp³-hybridized carbons (Fsp3) is 0.429. The number of hydrogen-bond acceptors (Lipinski definition) is 4. The molecule has 0 aliphatic carbocycles. The number of ether oxygens (including phenoxy) is 1. The number of methoxy groups -OCH3 is 1. The standard InChI is InChI=1S/C14H20N4O/c1-11(10-19-3)9-17-13-5-4-6-16-14(13)18-8-7-15-12(18)2/h4-8,11,17H,9-10H2,1-3H3. The fourth-order valence-electron chi connectivity index (χ4n) is 1.96. The zero-order valence-electron chi connectivity index (χ0n) is 11.6. The third kappa shape index (κ3) is 3.32. The van der Waals surface area contributed by atoms with Crippen LogP contribution in [0.25, 0.3) is 5.82 Å². The summed E-state index contributed by atoms with van der Waals surface area (Å²) in [6, 6.07) is 3.96. The van der Waals surface area contributed by atoms with E-state index in [1.165, 1.54) is 0 Å². The Bertz CT molecular complexity index is 524. The third-order valence-corrected chi connectivity index (χ3v) is 2.93. The molecule has 5 nitrogen and oxygen atoms in total. The van der Waals surface area contributed by atoms with Crippen LogP contribution in [-0.4, -0.2) is 34.8 Å². The van der Waals surface area contributed by atoms with E-state index in [2.05, 4.69) is 22.2 Å². The minimum atomic E-state index is 0.446. The predicted octanol–water partition coefficient (Wildman–Crippen LogP) is 2.27. The molecule has 5 heteroatoms. The van der Waals surface area contributed by atoms with Gasteiger partial charge in [-0.25, -0.2) is 9.97 Å². The number of imidazole rings is 1. The van der Waals surface area contributed by atoms with Gasteiger partial charge in [0, 0.05) is 32.2 Å². The monoisotopic (exact) mass is 260 g/mol. The summed E-state index contributed by atoms with van der Waals surface area (Å²) < 4.78 is 7.12. The maximum absolute atomic E-state index is 5.14. The molecule has 2 aromatic heterocycles. The second-order valence-corrected chi connectivity index (χ2v) is 4.66. The SMILES string of the molecule is COCC(C)CNc1cccnc1-n1ccnc1C. The van der Waals surface area contributed by atoms with Crippen LogP contribution in [0.5, 0.6) is 0 Å². The fourth-order valence-corrected chi connectivity index (χ4v) is 1.96. The molecule has 0 saturated carbocycles. The number of pyridine rings is 1. The summed E-state index contributed by atoms with van der Waals surface area (Å²) in [5.74, 6) is 2.25. The molecule has 0 aliphatic rings.